The van der Waals surface area contributed by atoms with Crippen LogP contribution >= 0.6 is 0 Å². The predicted octanol–water partition coefficient (Wildman–Crippen LogP) is 3.03. The second-order valence-electron chi connectivity index (χ2n) is 5.59. The summed E-state index contributed by atoms with van der Waals surface area (Å²) in [5, 5.41) is 11.7. The van der Waals surface area contributed by atoms with Crippen LogP contribution in [-0.4, -0.2) is 17.6 Å². The Morgan fingerprint density at radius 2 is 2.00 bits per heavy atom. The summed E-state index contributed by atoms with van der Waals surface area (Å²) in [6.45, 7) is 11.4. The third-order valence-electron chi connectivity index (χ3n) is 2.43. The summed E-state index contributed by atoms with van der Waals surface area (Å²) >= 11 is 0. The summed E-state index contributed by atoms with van der Waals surface area (Å²) in [5.74, 6) is -0.273. The lowest BCUT2D eigenvalue weighted by Gasteiger charge is -2.23. The third kappa shape index (κ3) is 7.32. The standard InChI is InChI=1S/C13H25NO2/c1-6-11(12(15)16)14-8-7-10(2)9-13(3,4)5/h6,10,14H,7-9H2,1-5H3,(H,15,16)/b11-6+. The molecule has 0 heterocycles. The molecule has 0 aromatic heterocycles. The molecule has 16 heavy (non-hydrogen) atoms. The van der Waals surface area contributed by atoms with Crippen LogP contribution in [0.15, 0.2) is 11.8 Å². The SMILES string of the molecule is C/C=C(/NCCC(C)CC(C)(C)C)C(=O)O. The molecule has 0 aromatic carbocycles. The Balaban J connectivity index is 3.86. The van der Waals surface area contributed by atoms with Crippen LogP contribution in [0.1, 0.15) is 47.5 Å². The number of hydrogen-bond donors (Lipinski definition) is 2. The second-order valence-corrected chi connectivity index (χ2v) is 5.59. The summed E-state index contributed by atoms with van der Waals surface area (Å²) in [6.07, 6.45) is 3.76. The first kappa shape index (κ1) is 15.0. The molecule has 1 unspecified atom stereocenters. The number of aliphatic carboxylic acids is 1. The van der Waals surface area contributed by atoms with Gasteiger partial charge in [-0.25, -0.2) is 4.79 Å². The lowest BCUT2D eigenvalue weighted by atomic mass is 9.84. The van der Waals surface area contributed by atoms with Crippen LogP contribution in [0.3, 0.4) is 0 Å². The monoisotopic (exact) mass is 227 g/mol. The maximum absolute atomic E-state index is 10.7. The minimum atomic E-state index is -0.883. The number of allylic oxidation sites excluding steroid dienone is 1. The third-order valence-corrected chi connectivity index (χ3v) is 2.43. The van der Waals surface area contributed by atoms with Gasteiger partial charge >= 0.3 is 5.97 Å². The van der Waals surface area contributed by atoms with E-state index in [0.717, 1.165) is 19.4 Å². The normalized spacial score (nSPS) is 14.7. The van der Waals surface area contributed by atoms with Gasteiger partial charge in [0, 0.05) is 6.54 Å². The van der Waals surface area contributed by atoms with Gasteiger partial charge in [-0.05, 0) is 31.1 Å². The highest BCUT2D eigenvalue weighted by Gasteiger charge is 2.15. The fourth-order valence-electron chi connectivity index (χ4n) is 1.90. The summed E-state index contributed by atoms with van der Waals surface area (Å²) in [7, 11) is 0. The number of carboxylic acid groups (broad SMARTS) is 1. The topological polar surface area (TPSA) is 49.3 Å². The number of hydrogen-bond acceptors (Lipinski definition) is 2. The molecule has 0 aliphatic rings. The van der Waals surface area contributed by atoms with Crippen molar-refractivity contribution in [3.05, 3.63) is 11.8 Å². The maximum atomic E-state index is 10.7. The van der Waals surface area contributed by atoms with Gasteiger partial charge in [0.05, 0.1) is 0 Å². The average Bonchev–Trinajstić information content (AvgIpc) is 2.08. The molecule has 0 spiro atoms. The molecule has 3 nitrogen and oxygen atoms in total. The van der Waals surface area contributed by atoms with E-state index in [-0.39, 0.29) is 0 Å². The Morgan fingerprint density at radius 1 is 1.44 bits per heavy atom. The molecule has 0 aliphatic heterocycles. The van der Waals surface area contributed by atoms with Crippen molar-refractivity contribution in [2.24, 2.45) is 11.3 Å². The van der Waals surface area contributed by atoms with Gasteiger partial charge in [-0.15, -0.1) is 0 Å². The van der Waals surface area contributed by atoms with Gasteiger partial charge in [0.15, 0.2) is 0 Å². The van der Waals surface area contributed by atoms with E-state index < -0.39 is 5.97 Å². The Bertz CT molecular complexity index is 251. The van der Waals surface area contributed by atoms with Crippen LogP contribution in [0.25, 0.3) is 0 Å². The number of carbonyl (C=O) groups is 1. The van der Waals surface area contributed by atoms with Gasteiger partial charge < -0.3 is 10.4 Å². The molecule has 0 bridgehead atoms. The van der Waals surface area contributed by atoms with Crippen molar-refractivity contribution in [2.75, 3.05) is 6.54 Å². The van der Waals surface area contributed by atoms with Crippen LogP contribution in [-0.2, 0) is 4.79 Å². The minimum absolute atomic E-state index is 0.294. The van der Waals surface area contributed by atoms with E-state index in [9.17, 15) is 4.79 Å². The summed E-state index contributed by atoms with van der Waals surface area (Å²) in [4.78, 5) is 10.7. The zero-order valence-electron chi connectivity index (χ0n) is 11.1. The van der Waals surface area contributed by atoms with E-state index in [0.29, 0.717) is 17.0 Å². The molecule has 0 radical (unpaired) electrons. The van der Waals surface area contributed by atoms with E-state index >= 15 is 0 Å². The predicted molar refractivity (Wildman–Crippen MR) is 67.2 cm³/mol. The van der Waals surface area contributed by atoms with E-state index in [1.807, 2.05) is 0 Å². The largest absolute Gasteiger partial charge is 0.477 e. The van der Waals surface area contributed by atoms with Gasteiger partial charge in [0.2, 0.25) is 0 Å². The summed E-state index contributed by atoms with van der Waals surface area (Å²) < 4.78 is 0. The molecule has 3 heteroatoms. The Kier molecular flexibility index (Phi) is 6.16. The lowest BCUT2D eigenvalue weighted by molar-refractivity contribution is -0.133. The zero-order chi connectivity index (χ0) is 12.8. The van der Waals surface area contributed by atoms with Crippen molar-refractivity contribution in [3.8, 4) is 0 Å². The molecule has 0 saturated heterocycles. The quantitative estimate of drug-likeness (QED) is 0.686. The Morgan fingerprint density at radius 3 is 2.38 bits per heavy atom. The summed E-state index contributed by atoms with van der Waals surface area (Å²) in [5.41, 5.74) is 0.637. The average molecular weight is 227 g/mol. The van der Waals surface area contributed by atoms with Gasteiger partial charge in [-0.3, -0.25) is 0 Å². The maximum Gasteiger partial charge on any atom is 0.351 e. The first-order valence-electron chi connectivity index (χ1n) is 5.89. The molecule has 0 aliphatic carbocycles. The molecule has 0 rings (SSSR count). The molecule has 2 N–H and O–H groups in total. The number of carboxylic acids is 1. The highest BCUT2D eigenvalue weighted by molar-refractivity contribution is 5.85. The smallest absolute Gasteiger partial charge is 0.351 e. The van der Waals surface area contributed by atoms with E-state index in [1.165, 1.54) is 0 Å². The zero-order valence-corrected chi connectivity index (χ0v) is 11.1. The molecular weight excluding hydrogens is 202 g/mol. The fraction of sp³-hybridized carbons (Fsp3) is 0.769. The highest BCUT2D eigenvalue weighted by Crippen LogP contribution is 2.25. The fourth-order valence-corrected chi connectivity index (χ4v) is 1.90. The molecular formula is C13H25NO2. The van der Waals surface area contributed by atoms with E-state index in [1.54, 1.807) is 13.0 Å². The molecule has 1 atom stereocenters. The Hall–Kier alpha value is -0.990. The van der Waals surface area contributed by atoms with Crippen LogP contribution in [0.2, 0.25) is 0 Å². The van der Waals surface area contributed by atoms with Crippen molar-refractivity contribution >= 4 is 5.97 Å². The van der Waals surface area contributed by atoms with Crippen molar-refractivity contribution < 1.29 is 9.90 Å². The van der Waals surface area contributed by atoms with Crippen molar-refractivity contribution in [3.63, 3.8) is 0 Å². The molecule has 94 valence electrons. The Labute approximate surface area is 98.9 Å². The highest BCUT2D eigenvalue weighted by atomic mass is 16.4. The summed E-state index contributed by atoms with van der Waals surface area (Å²) in [6, 6.07) is 0. The van der Waals surface area contributed by atoms with Crippen molar-refractivity contribution in [1.82, 2.24) is 5.32 Å². The number of rotatable bonds is 6. The van der Waals surface area contributed by atoms with Gasteiger partial charge in [-0.1, -0.05) is 33.8 Å². The van der Waals surface area contributed by atoms with Crippen LogP contribution in [0.4, 0.5) is 0 Å². The lowest BCUT2D eigenvalue weighted by Crippen LogP contribution is -2.23. The van der Waals surface area contributed by atoms with E-state index in [2.05, 4.69) is 33.0 Å². The molecule has 0 aromatic rings. The van der Waals surface area contributed by atoms with E-state index in [4.69, 9.17) is 5.11 Å². The minimum Gasteiger partial charge on any atom is -0.477 e. The van der Waals surface area contributed by atoms with Gasteiger partial charge in [0.25, 0.3) is 0 Å². The van der Waals surface area contributed by atoms with Gasteiger partial charge in [-0.2, -0.15) is 0 Å². The van der Waals surface area contributed by atoms with Gasteiger partial charge in [0.1, 0.15) is 5.70 Å². The van der Waals surface area contributed by atoms with Crippen LogP contribution in [0, 0.1) is 11.3 Å². The number of nitrogens with one attached hydrogen (secondary N) is 1. The second kappa shape index (κ2) is 6.56. The first-order chi connectivity index (χ1) is 7.26. The molecule has 0 saturated carbocycles. The van der Waals surface area contributed by atoms with Crippen LogP contribution in [0.5, 0.6) is 0 Å². The molecule has 0 amide bonds. The first-order valence-corrected chi connectivity index (χ1v) is 5.89. The molecule has 0 fully saturated rings. The van der Waals surface area contributed by atoms with Crippen molar-refractivity contribution in [1.29, 1.82) is 0 Å². The van der Waals surface area contributed by atoms with Crippen molar-refractivity contribution in [2.45, 2.75) is 47.5 Å². The van der Waals surface area contributed by atoms with Crippen LogP contribution < -0.4 is 5.32 Å².